The van der Waals surface area contributed by atoms with Crippen molar-refractivity contribution in [1.82, 2.24) is 5.43 Å². The van der Waals surface area contributed by atoms with Crippen LogP contribution in [0.5, 0.6) is 0 Å². The molecule has 0 aliphatic rings. The molecule has 0 amide bonds. The molecule has 0 radical (unpaired) electrons. The van der Waals surface area contributed by atoms with Gasteiger partial charge in [0.2, 0.25) is 0 Å². The number of aryl methyl sites for hydroxylation is 2. The van der Waals surface area contributed by atoms with E-state index in [0.29, 0.717) is 10.6 Å². The second kappa shape index (κ2) is 5.36. The van der Waals surface area contributed by atoms with Crippen molar-refractivity contribution in [2.75, 3.05) is 0 Å². The Bertz CT molecular complexity index is 568. The van der Waals surface area contributed by atoms with E-state index in [2.05, 4.69) is 5.43 Å². The van der Waals surface area contributed by atoms with Gasteiger partial charge in [-0.05, 0) is 42.0 Å². The molecule has 0 saturated heterocycles. The lowest BCUT2D eigenvalue weighted by Gasteiger charge is -2.16. The summed E-state index contributed by atoms with van der Waals surface area (Å²) in [6.07, 6.45) is 0. The van der Waals surface area contributed by atoms with E-state index in [1.54, 1.807) is 30.4 Å². The molecule has 0 spiro atoms. The first-order valence-corrected chi connectivity index (χ1v) is 6.76. The highest BCUT2D eigenvalue weighted by Crippen LogP contribution is 2.35. The van der Waals surface area contributed by atoms with Crippen LogP contribution in [0.2, 0.25) is 5.02 Å². The predicted molar refractivity (Wildman–Crippen MR) is 74.4 cm³/mol. The zero-order valence-electron chi connectivity index (χ0n) is 10.1. The Morgan fingerprint density at radius 2 is 2.06 bits per heavy atom. The van der Waals surface area contributed by atoms with Crippen LogP contribution in [-0.4, -0.2) is 0 Å². The van der Waals surface area contributed by atoms with Gasteiger partial charge in [-0.15, -0.1) is 11.3 Å². The smallest absolute Gasteiger partial charge is 0.126 e. The zero-order chi connectivity index (χ0) is 13.3. The highest BCUT2D eigenvalue weighted by atomic mass is 35.5. The molecule has 1 unspecified atom stereocenters. The molecule has 1 aromatic carbocycles. The summed E-state index contributed by atoms with van der Waals surface area (Å²) >= 11 is 7.79. The number of hydrogen-bond donors (Lipinski definition) is 2. The Morgan fingerprint density at radius 1 is 1.33 bits per heavy atom. The number of benzene rings is 1. The number of nitrogens with one attached hydrogen (secondary N) is 1. The molecule has 1 heterocycles. The minimum atomic E-state index is -0.219. The van der Waals surface area contributed by atoms with Gasteiger partial charge >= 0.3 is 0 Å². The fourth-order valence-corrected chi connectivity index (χ4v) is 3.20. The summed E-state index contributed by atoms with van der Waals surface area (Å²) in [7, 11) is 0. The molecular weight excluding hydrogens is 271 g/mol. The van der Waals surface area contributed by atoms with Gasteiger partial charge < -0.3 is 0 Å². The summed E-state index contributed by atoms with van der Waals surface area (Å²) in [4.78, 5) is 0.947. The predicted octanol–water partition coefficient (Wildman–Crippen LogP) is 3.71. The number of rotatable bonds is 3. The maximum atomic E-state index is 13.3. The van der Waals surface area contributed by atoms with Crippen LogP contribution in [0.25, 0.3) is 0 Å². The van der Waals surface area contributed by atoms with Crippen LogP contribution < -0.4 is 11.3 Å². The fraction of sp³-hybridized carbons (Fsp3) is 0.231. The average Bonchev–Trinajstić information content (AvgIpc) is 2.67. The van der Waals surface area contributed by atoms with Crippen molar-refractivity contribution in [2.24, 2.45) is 5.84 Å². The third kappa shape index (κ3) is 2.42. The van der Waals surface area contributed by atoms with Gasteiger partial charge in [-0.3, -0.25) is 5.84 Å². The topological polar surface area (TPSA) is 38.0 Å². The molecule has 0 aliphatic heterocycles. The van der Waals surface area contributed by atoms with Gasteiger partial charge in [0, 0.05) is 4.88 Å². The van der Waals surface area contributed by atoms with Gasteiger partial charge in [0.25, 0.3) is 0 Å². The molecule has 18 heavy (non-hydrogen) atoms. The molecule has 2 nitrogen and oxygen atoms in total. The lowest BCUT2D eigenvalue weighted by atomic mass is 10.0. The third-order valence-corrected chi connectivity index (χ3v) is 4.65. The minimum Gasteiger partial charge on any atom is -0.271 e. The van der Waals surface area contributed by atoms with Crippen LogP contribution in [0.3, 0.4) is 0 Å². The summed E-state index contributed by atoms with van der Waals surface area (Å²) in [6, 6.07) is 4.74. The van der Waals surface area contributed by atoms with Crippen molar-refractivity contribution >= 4 is 22.9 Å². The van der Waals surface area contributed by atoms with Gasteiger partial charge in [-0.25, -0.2) is 9.82 Å². The quantitative estimate of drug-likeness (QED) is 0.666. The van der Waals surface area contributed by atoms with Gasteiger partial charge in [0.05, 0.1) is 11.1 Å². The molecule has 0 bridgehead atoms. The SMILES string of the molecule is Cc1cc(C(NN)c2scc(C)c2Cl)ccc1F. The van der Waals surface area contributed by atoms with E-state index in [4.69, 9.17) is 17.4 Å². The highest BCUT2D eigenvalue weighted by Gasteiger charge is 2.19. The van der Waals surface area contributed by atoms with E-state index in [1.165, 1.54) is 6.07 Å². The maximum Gasteiger partial charge on any atom is 0.126 e. The monoisotopic (exact) mass is 284 g/mol. The molecule has 2 aromatic rings. The van der Waals surface area contributed by atoms with Gasteiger partial charge in [0.15, 0.2) is 0 Å². The molecule has 2 rings (SSSR count). The van der Waals surface area contributed by atoms with Crippen molar-refractivity contribution in [3.05, 3.63) is 56.0 Å². The summed E-state index contributed by atoms with van der Waals surface area (Å²) in [6.45, 7) is 3.68. The highest BCUT2D eigenvalue weighted by molar-refractivity contribution is 7.10. The Labute approximate surface area is 115 Å². The van der Waals surface area contributed by atoms with Crippen LogP contribution in [-0.2, 0) is 0 Å². The van der Waals surface area contributed by atoms with E-state index in [9.17, 15) is 4.39 Å². The van der Waals surface area contributed by atoms with Crippen molar-refractivity contribution in [3.63, 3.8) is 0 Å². The van der Waals surface area contributed by atoms with Gasteiger partial charge in [0.1, 0.15) is 5.82 Å². The second-order valence-corrected chi connectivity index (χ2v) is 5.49. The normalized spacial score (nSPS) is 12.7. The first kappa shape index (κ1) is 13.5. The summed E-state index contributed by atoms with van der Waals surface area (Å²) in [5.74, 6) is 5.39. The molecule has 1 atom stereocenters. The maximum absolute atomic E-state index is 13.3. The van der Waals surface area contributed by atoms with Gasteiger partial charge in [-0.1, -0.05) is 23.7 Å². The number of thiophene rings is 1. The standard InChI is InChI=1S/C13H14ClFN2S/c1-7-5-9(3-4-10(7)15)12(17-16)13-11(14)8(2)6-18-13/h3-6,12,17H,16H2,1-2H3. The molecule has 1 aromatic heterocycles. The summed E-state index contributed by atoms with van der Waals surface area (Å²) in [5.41, 5.74) is 5.26. The molecule has 96 valence electrons. The third-order valence-electron chi connectivity index (χ3n) is 2.87. The summed E-state index contributed by atoms with van der Waals surface area (Å²) < 4.78 is 13.3. The van der Waals surface area contributed by atoms with E-state index < -0.39 is 0 Å². The number of nitrogens with two attached hydrogens (primary N) is 1. The number of hydrogen-bond acceptors (Lipinski definition) is 3. The zero-order valence-corrected chi connectivity index (χ0v) is 11.7. The summed E-state index contributed by atoms with van der Waals surface area (Å²) in [5, 5.41) is 2.70. The average molecular weight is 285 g/mol. The van der Waals surface area contributed by atoms with Gasteiger partial charge in [-0.2, -0.15) is 0 Å². The minimum absolute atomic E-state index is 0.213. The van der Waals surface area contributed by atoms with Crippen LogP contribution in [0, 0.1) is 19.7 Å². The lowest BCUT2D eigenvalue weighted by molar-refractivity contribution is 0.610. The number of hydrazine groups is 1. The molecule has 0 aliphatic carbocycles. The van der Waals surface area contributed by atoms with E-state index in [0.717, 1.165) is 16.0 Å². The molecule has 0 saturated carbocycles. The Morgan fingerprint density at radius 3 is 2.56 bits per heavy atom. The molecule has 0 fully saturated rings. The van der Waals surface area contributed by atoms with Crippen molar-refractivity contribution in [1.29, 1.82) is 0 Å². The lowest BCUT2D eigenvalue weighted by Crippen LogP contribution is -2.28. The largest absolute Gasteiger partial charge is 0.271 e. The first-order chi connectivity index (χ1) is 8.54. The fourth-order valence-electron chi connectivity index (χ4n) is 1.82. The van der Waals surface area contributed by atoms with Crippen molar-refractivity contribution in [2.45, 2.75) is 19.9 Å². The first-order valence-electron chi connectivity index (χ1n) is 5.50. The molecule has 5 heteroatoms. The van der Waals surface area contributed by atoms with Crippen molar-refractivity contribution in [3.8, 4) is 0 Å². The van der Waals surface area contributed by atoms with Crippen LogP contribution >= 0.6 is 22.9 Å². The Balaban J connectivity index is 2.45. The molecule has 3 N–H and O–H groups in total. The Kier molecular flexibility index (Phi) is 4.02. The van der Waals surface area contributed by atoms with Crippen molar-refractivity contribution < 1.29 is 4.39 Å². The van der Waals surface area contributed by atoms with Crippen LogP contribution in [0.4, 0.5) is 4.39 Å². The Hall–Kier alpha value is -0.940. The van der Waals surface area contributed by atoms with Crippen LogP contribution in [0.15, 0.2) is 23.6 Å². The van der Waals surface area contributed by atoms with E-state index in [-0.39, 0.29) is 11.9 Å². The molecular formula is C13H14ClFN2S. The number of halogens is 2. The second-order valence-electron chi connectivity index (χ2n) is 4.21. The van der Waals surface area contributed by atoms with Crippen LogP contribution in [0.1, 0.15) is 27.6 Å². The van der Waals surface area contributed by atoms with E-state index >= 15 is 0 Å². The van der Waals surface area contributed by atoms with E-state index in [1.807, 2.05) is 12.3 Å².